The smallest absolute Gasteiger partial charge is 0.149 e. The topological polar surface area (TPSA) is 44.2 Å². The third-order valence-electron chi connectivity index (χ3n) is 1.64. The lowest BCUT2D eigenvalue weighted by molar-refractivity contribution is -0.117. The van der Waals surface area contributed by atoms with Crippen LogP contribution in [0.3, 0.4) is 0 Å². The van der Waals surface area contributed by atoms with Gasteiger partial charge in [-0.05, 0) is 13.3 Å². The normalized spacial score (nSPS) is 18.1. The summed E-state index contributed by atoms with van der Waals surface area (Å²) in [6.45, 7) is 2.88. The summed E-state index contributed by atoms with van der Waals surface area (Å²) in [6, 6.07) is 0. The molecule has 1 N–H and O–H groups in total. The van der Waals surface area contributed by atoms with Crippen molar-refractivity contribution in [2.75, 3.05) is 13.1 Å². The molecule has 0 aliphatic carbocycles. The summed E-state index contributed by atoms with van der Waals surface area (Å²) in [5, 5.41) is 7.37. The number of carbonyl (C=O) groups excluding carboxylic acids is 1. The maximum Gasteiger partial charge on any atom is 0.149 e. The van der Waals surface area contributed by atoms with E-state index in [1.807, 2.05) is 4.90 Å². The zero-order chi connectivity index (χ0) is 7.56. The fraction of sp³-hybridized carbons (Fsp3) is 0.714. The Morgan fingerprint density at radius 2 is 2.50 bits per heavy atom. The standard InChI is InChI=1S/C7H12N2O/c1-6(10)5-9-4-2-3-7(9)8/h8H,2-5H2,1H3. The van der Waals surface area contributed by atoms with Crippen LogP contribution in [0.2, 0.25) is 0 Å². The van der Waals surface area contributed by atoms with Crippen LogP contribution in [0, 0.1) is 5.41 Å². The van der Waals surface area contributed by atoms with Crippen LogP contribution in [0.15, 0.2) is 0 Å². The average Bonchev–Trinajstić information content (AvgIpc) is 2.15. The minimum Gasteiger partial charge on any atom is -0.353 e. The summed E-state index contributed by atoms with van der Waals surface area (Å²) in [5.74, 6) is 0.766. The lowest BCUT2D eigenvalue weighted by Gasteiger charge is -2.14. The van der Waals surface area contributed by atoms with Crippen molar-refractivity contribution in [1.82, 2.24) is 4.90 Å². The van der Waals surface area contributed by atoms with Crippen LogP contribution in [-0.2, 0) is 4.79 Å². The molecule has 0 radical (unpaired) electrons. The van der Waals surface area contributed by atoms with Gasteiger partial charge in [-0.2, -0.15) is 0 Å². The molecule has 0 atom stereocenters. The van der Waals surface area contributed by atoms with Gasteiger partial charge in [0.1, 0.15) is 5.78 Å². The second kappa shape index (κ2) is 2.82. The van der Waals surface area contributed by atoms with Gasteiger partial charge in [0.15, 0.2) is 0 Å². The van der Waals surface area contributed by atoms with Crippen LogP contribution in [-0.4, -0.2) is 29.6 Å². The van der Waals surface area contributed by atoms with E-state index in [4.69, 9.17) is 5.41 Å². The molecule has 0 amide bonds. The number of ketones is 1. The van der Waals surface area contributed by atoms with E-state index in [0.717, 1.165) is 19.4 Å². The van der Waals surface area contributed by atoms with Gasteiger partial charge in [0.05, 0.1) is 12.4 Å². The van der Waals surface area contributed by atoms with Gasteiger partial charge in [-0.3, -0.25) is 10.2 Å². The Labute approximate surface area is 60.5 Å². The molecule has 3 nitrogen and oxygen atoms in total. The molecule has 0 unspecified atom stereocenters. The highest BCUT2D eigenvalue weighted by Gasteiger charge is 2.16. The van der Waals surface area contributed by atoms with E-state index in [1.165, 1.54) is 0 Å². The third-order valence-corrected chi connectivity index (χ3v) is 1.64. The van der Waals surface area contributed by atoms with Gasteiger partial charge in [-0.15, -0.1) is 0 Å². The Balaban J connectivity index is 2.40. The maximum absolute atomic E-state index is 10.6. The number of likely N-dealkylation sites (tertiary alicyclic amines) is 1. The highest BCUT2D eigenvalue weighted by atomic mass is 16.1. The fourth-order valence-corrected chi connectivity index (χ4v) is 1.17. The predicted molar refractivity (Wildman–Crippen MR) is 39.2 cm³/mol. The van der Waals surface area contributed by atoms with Crippen molar-refractivity contribution < 1.29 is 4.79 Å². The summed E-state index contributed by atoms with van der Waals surface area (Å²) < 4.78 is 0. The molecule has 10 heavy (non-hydrogen) atoms. The summed E-state index contributed by atoms with van der Waals surface area (Å²) in [7, 11) is 0. The van der Waals surface area contributed by atoms with Crippen LogP contribution < -0.4 is 0 Å². The molecule has 0 bridgehead atoms. The van der Waals surface area contributed by atoms with E-state index < -0.39 is 0 Å². The molecule has 3 heteroatoms. The van der Waals surface area contributed by atoms with Gasteiger partial charge in [-0.1, -0.05) is 0 Å². The lowest BCUT2D eigenvalue weighted by Crippen LogP contribution is -2.28. The van der Waals surface area contributed by atoms with Gasteiger partial charge in [-0.25, -0.2) is 0 Å². The van der Waals surface area contributed by atoms with Crippen molar-refractivity contribution >= 4 is 11.6 Å². The molecule has 0 aromatic carbocycles. The number of rotatable bonds is 2. The molecule has 1 rings (SSSR count). The number of nitrogens with one attached hydrogen (secondary N) is 1. The number of nitrogens with zero attached hydrogens (tertiary/aromatic N) is 1. The molecule has 0 aromatic rings. The fourth-order valence-electron chi connectivity index (χ4n) is 1.17. The predicted octanol–water partition coefficient (Wildman–Crippen LogP) is 0.648. The van der Waals surface area contributed by atoms with Crippen molar-refractivity contribution in [2.45, 2.75) is 19.8 Å². The number of hydrogen-bond acceptors (Lipinski definition) is 2. The van der Waals surface area contributed by atoms with Crippen molar-refractivity contribution in [3.63, 3.8) is 0 Å². The highest BCUT2D eigenvalue weighted by Crippen LogP contribution is 2.08. The molecular formula is C7H12N2O. The Kier molecular flexibility index (Phi) is 2.04. The van der Waals surface area contributed by atoms with E-state index in [9.17, 15) is 4.79 Å². The first kappa shape index (κ1) is 7.25. The molecule has 0 saturated carbocycles. The minimum atomic E-state index is 0.145. The SMILES string of the molecule is CC(=O)CN1CCCC1=N. The zero-order valence-corrected chi connectivity index (χ0v) is 6.18. The Hall–Kier alpha value is -0.860. The highest BCUT2D eigenvalue weighted by molar-refractivity contribution is 5.87. The third kappa shape index (κ3) is 1.56. The van der Waals surface area contributed by atoms with Gasteiger partial charge in [0.2, 0.25) is 0 Å². The molecule has 1 aliphatic heterocycles. The van der Waals surface area contributed by atoms with E-state index in [-0.39, 0.29) is 5.78 Å². The van der Waals surface area contributed by atoms with Crippen LogP contribution >= 0.6 is 0 Å². The second-order valence-electron chi connectivity index (χ2n) is 2.67. The van der Waals surface area contributed by atoms with Crippen LogP contribution in [0.5, 0.6) is 0 Å². The van der Waals surface area contributed by atoms with Gasteiger partial charge < -0.3 is 4.90 Å². The van der Waals surface area contributed by atoms with E-state index >= 15 is 0 Å². The number of carbonyl (C=O) groups is 1. The number of Topliss-reactive ketones (excluding diaryl/α,β-unsaturated/α-hetero) is 1. The lowest BCUT2D eigenvalue weighted by atomic mass is 10.4. The van der Waals surface area contributed by atoms with Crippen LogP contribution in [0.4, 0.5) is 0 Å². The second-order valence-corrected chi connectivity index (χ2v) is 2.67. The first-order chi connectivity index (χ1) is 4.70. The van der Waals surface area contributed by atoms with E-state index in [2.05, 4.69) is 0 Å². The average molecular weight is 140 g/mol. The monoisotopic (exact) mass is 140 g/mol. The van der Waals surface area contributed by atoms with Gasteiger partial charge >= 0.3 is 0 Å². The van der Waals surface area contributed by atoms with Crippen molar-refractivity contribution in [3.8, 4) is 0 Å². The first-order valence-corrected chi connectivity index (χ1v) is 3.52. The summed E-state index contributed by atoms with van der Waals surface area (Å²) in [5.41, 5.74) is 0. The zero-order valence-electron chi connectivity index (χ0n) is 6.18. The quantitative estimate of drug-likeness (QED) is 0.612. The molecular weight excluding hydrogens is 128 g/mol. The molecule has 1 aliphatic rings. The molecule has 1 fully saturated rings. The molecule has 0 aromatic heterocycles. The minimum absolute atomic E-state index is 0.145. The number of amidine groups is 1. The molecule has 1 saturated heterocycles. The summed E-state index contributed by atoms with van der Waals surface area (Å²) >= 11 is 0. The Morgan fingerprint density at radius 1 is 1.80 bits per heavy atom. The molecule has 0 spiro atoms. The number of hydrogen-bond donors (Lipinski definition) is 1. The molecule has 56 valence electrons. The largest absolute Gasteiger partial charge is 0.353 e. The van der Waals surface area contributed by atoms with Crippen LogP contribution in [0.1, 0.15) is 19.8 Å². The van der Waals surface area contributed by atoms with E-state index in [0.29, 0.717) is 12.4 Å². The summed E-state index contributed by atoms with van der Waals surface area (Å²) in [4.78, 5) is 12.4. The Morgan fingerprint density at radius 3 is 2.90 bits per heavy atom. The summed E-state index contributed by atoms with van der Waals surface area (Å²) in [6.07, 6.45) is 1.87. The maximum atomic E-state index is 10.6. The van der Waals surface area contributed by atoms with E-state index in [1.54, 1.807) is 6.92 Å². The van der Waals surface area contributed by atoms with Crippen LogP contribution in [0.25, 0.3) is 0 Å². The van der Waals surface area contributed by atoms with Crippen molar-refractivity contribution in [2.24, 2.45) is 0 Å². The Bertz CT molecular complexity index is 165. The molecule has 1 heterocycles. The van der Waals surface area contributed by atoms with Gasteiger partial charge in [0.25, 0.3) is 0 Å². The van der Waals surface area contributed by atoms with Crippen molar-refractivity contribution in [1.29, 1.82) is 5.41 Å². The first-order valence-electron chi connectivity index (χ1n) is 3.52. The van der Waals surface area contributed by atoms with Gasteiger partial charge in [0, 0.05) is 13.0 Å². The van der Waals surface area contributed by atoms with Crippen molar-refractivity contribution in [3.05, 3.63) is 0 Å².